The molecular formula is C14H15N5O5. The second kappa shape index (κ2) is 6.77. The summed E-state index contributed by atoms with van der Waals surface area (Å²) in [6.45, 7) is 0. The molecule has 2 amide bonds. The van der Waals surface area contributed by atoms with Crippen LogP contribution in [0.1, 0.15) is 11.6 Å². The lowest BCUT2D eigenvalue weighted by Gasteiger charge is -2.23. The Hall–Kier alpha value is -3.43. The first-order valence-corrected chi connectivity index (χ1v) is 6.84. The zero-order valence-corrected chi connectivity index (χ0v) is 12.9. The van der Waals surface area contributed by atoms with Crippen molar-refractivity contribution in [2.24, 2.45) is 0 Å². The summed E-state index contributed by atoms with van der Waals surface area (Å²) >= 11 is 0. The van der Waals surface area contributed by atoms with E-state index in [9.17, 15) is 25.0 Å². The molecule has 0 aromatic heterocycles. The van der Waals surface area contributed by atoms with Crippen molar-refractivity contribution in [2.75, 3.05) is 14.1 Å². The Balaban J connectivity index is 2.55. The number of hydrogen-bond donors (Lipinski definition) is 2. The highest BCUT2D eigenvalue weighted by Gasteiger charge is 2.36. The number of rotatable bonds is 5. The highest BCUT2D eigenvalue weighted by atomic mass is 16.6. The highest BCUT2D eigenvalue weighted by Crippen LogP contribution is 2.29. The van der Waals surface area contributed by atoms with Gasteiger partial charge in [0.2, 0.25) is 0 Å². The van der Waals surface area contributed by atoms with Crippen molar-refractivity contribution >= 4 is 11.7 Å². The van der Waals surface area contributed by atoms with Gasteiger partial charge >= 0.3 is 6.03 Å². The Labute approximate surface area is 136 Å². The average Bonchev–Trinajstić information content (AvgIpc) is 2.52. The zero-order chi connectivity index (χ0) is 17.9. The molecule has 10 heteroatoms. The van der Waals surface area contributed by atoms with Crippen molar-refractivity contribution in [1.82, 2.24) is 15.5 Å². The Morgan fingerprint density at radius 2 is 1.92 bits per heavy atom. The van der Waals surface area contributed by atoms with E-state index in [0.717, 1.165) is 0 Å². The molecule has 0 aliphatic carbocycles. The van der Waals surface area contributed by atoms with Gasteiger partial charge in [0.25, 0.3) is 11.4 Å². The van der Waals surface area contributed by atoms with Crippen molar-refractivity contribution < 1.29 is 14.6 Å². The van der Waals surface area contributed by atoms with Crippen LogP contribution in [0.3, 0.4) is 0 Å². The van der Waals surface area contributed by atoms with E-state index in [1.54, 1.807) is 25.2 Å². The summed E-state index contributed by atoms with van der Waals surface area (Å²) in [7, 11) is 3.45. The normalized spacial score (nSPS) is 17.4. The molecule has 0 saturated carbocycles. The number of non-ortho nitro benzene ring substituents is 1. The summed E-state index contributed by atoms with van der Waals surface area (Å²) in [6.07, 6.45) is 2.95. The van der Waals surface area contributed by atoms with Gasteiger partial charge in [-0.2, -0.15) is 0 Å². The first-order chi connectivity index (χ1) is 11.3. The summed E-state index contributed by atoms with van der Waals surface area (Å²) in [5.41, 5.74) is -0.239. The Morgan fingerprint density at radius 1 is 1.21 bits per heavy atom. The molecule has 2 rings (SSSR count). The van der Waals surface area contributed by atoms with Crippen LogP contribution in [0.25, 0.3) is 0 Å². The largest absolute Gasteiger partial charge is 0.383 e. The van der Waals surface area contributed by atoms with Crippen LogP contribution in [-0.4, -0.2) is 34.9 Å². The number of benzene rings is 1. The van der Waals surface area contributed by atoms with Crippen LogP contribution in [0.5, 0.6) is 0 Å². The van der Waals surface area contributed by atoms with Crippen molar-refractivity contribution in [3.8, 4) is 0 Å². The second-order valence-corrected chi connectivity index (χ2v) is 5.22. The molecule has 1 aliphatic heterocycles. The highest BCUT2D eigenvalue weighted by molar-refractivity contribution is 5.79. The molecule has 1 heterocycles. The summed E-state index contributed by atoms with van der Waals surface area (Å²) in [5.74, 6) is 0. The topological polar surface area (TPSA) is 131 Å². The number of amides is 2. The maximum atomic E-state index is 11.8. The maximum absolute atomic E-state index is 11.8. The van der Waals surface area contributed by atoms with Gasteiger partial charge in [-0.1, -0.05) is 12.1 Å². The van der Waals surface area contributed by atoms with Crippen molar-refractivity contribution in [3.05, 3.63) is 73.7 Å². The summed E-state index contributed by atoms with van der Waals surface area (Å²) < 4.78 is 0. The average molecular weight is 333 g/mol. The number of carbonyl (C=O) groups is 1. The predicted molar refractivity (Wildman–Crippen MR) is 84.4 cm³/mol. The lowest BCUT2D eigenvalue weighted by molar-refractivity contribution is -0.432. The molecule has 0 bridgehead atoms. The van der Waals surface area contributed by atoms with Crippen LogP contribution in [0.15, 0.2) is 47.9 Å². The molecule has 0 spiro atoms. The van der Waals surface area contributed by atoms with Crippen LogP contribution in [0.2, 0.25) is 0 Å². The van der Waals surface area contributed by atoms with Crippen molar-refractivity contribution in [3.63, 3.8) is 0 Å². The van der Waals surface area contributed by atoms with Gasteiger partial charge in [-0.05, 0) is 11.6 Å². The number of urea groups is 1. The van der Waals surface area contributed by atoms with E-state index in [1.807, 2.05) is 0 Å². The van der Waals surface area contributed by atoms with Gasteiger partial charge in [-0.15, -0.1) is 0 Å². The third-order valence-electron chi connectivity index (χ3n) is 3.22. The fourth-order valence-electron chi connectivity index (χ4n) is 2.19. The van der Waals surface area contributed by atoms with E-state index < -0.39 is 21.9 Å². The first-order valence-electron chi connectivity index (χ1n) is 6.84. The van der Waals surface area contributed by atoms with E-state index in [2.05, 4.69) is 10.6 Å². The minimum Gasteiger partial charge on any atom is -0.383 e. The Bertz CT molecular complexity index is 756. The SMILES string of the molecule is CN(C)/C=C/C1=C([N+](=O)[O-])[C@H](c2cccc([N+](=O)[O-])c2)NC(=O)N1. The lowest BCUT2D eigenvalue weighted by Crippen LogP contribution is -2.45. The summed E-state index contributed by atoms with van der Waals surface area (Å²) in [5, 5.41) is 27.2. The second-order valence-electron chi connectivity index (χ2n) is 5.22. The zero-order valence-electron chi connectivity index (χ0n) is 12.9. The van der Waals surface area contributed by atoms with E-state index in [1.165, 1.54) is 30.3 Å². The van der Waals surface area contributed by atoms with Gasteiger partial charge in [0.1, 0.15) is 11.7 Å². The molecule has 1 aromatic rings. The number of nitro groups is 2. The molecule has 1 aromatic carbocycles. The molecule has 0 fully saturated rings. The van der Waals surface area contributed by atoms with E-state index in [0.29, 0.717) is 0 Å². The number of carbonyl (C=O) groups excluding carboxylic acids is 1. The van der Waals surface area contributed by atoms with Gasteiger partial charge in [0.15, 0.2) is 0 Å². The lowest BCUT2D eigenvalue weighted by atomic mass is 10.00. The Morgan fingerprint density at radius 3 is 2.50 bits per heavy atom. The Kier molecular flexibility index (Phi) is 4.78. The van der Waals surface area contributed by atoms with Gasteiger partial charge in [-0.25, -0.2) is 4.79 Å². The molecule has 24 heavy (non-hydrogen) atoms. The van der Waals surface area contributed by atoms with E-state index >= 15 is 0 Å². The quantitative estimate of drug-likeness (QED) is 0.620. The van der Waals surface area contributed by atoms with E-state index in [-0.39, 0.29) is 22.6 Å². The molecule has 1 aliphatic rings. The molecular weight excluding hydrogens is 318 g/mol. The summed E-state index contributed by atoms with van der Waals surface area (Å²) in [4.78, 5) is 34.7. The first kappa shape index (κ1) is 16.9. The maximum Gasteiger partial charge on any atom is 0.320 e. The number of nitro benzene ring substituents is 1. The molecule has 126 valence electrons. The van der Waals surface area contributed by atoms with Crippen LogP contribution in [-0.2, 0) is 0 Å². The molecule has 10 nitrogen and oxygen atoms in total. The molecule has 0 saturated heterocycles. The molecule has 0 unspecified atom stereocenters. The fourth-order valence-corrected chi connectivity index (χ4v) is 2.19. The number of hydrogen-bond acceptors (Lipinski definition) is 6. The standard InChI is InChI=1S/C14H15N5O5/c1-17(2)7-6-11-13(19(23)24)12(16-14(20)15-11)9-4-3-5-10(8-9)18(21)22/h3-8,12H,1-2H3,(H2,15,16,20)/b7-6+/t12-/m0/s1. The van der Waals surface area contributed by atoms with Gasteiger partial charge < -0.3 is 15.5 Å². The van der Waals surface area contributed by atoms with Crippen molar-refractivity contribution in [2.45, 2.75) is 6.04 Å². The van der Waals surface area contributed by atoms with Crippen LogP contribution in [0, 0.1) is 20.2 Å². The predicted octanol–water partition coefficient (Wildman–Crippen LogP) is 1.51. The number of allylic oxidation sites excluding steroid dienone is 1. The van der Waals surface area contributed by atoms with Crippen LogP contribution >= 0.6 is 0 Å². The summed E-state index contributed by atoms with van der Waals surface area (Å²) in [6, 6.07) is 3.64. The minimum absolute atomic E-state index is 0.0222. The molecule has 2 N–H and O–H groups in total. The van der Waals surface area contributed by atoms with E-state index in [4.69, 9.17) is 0 Å². The number of nitrogens with one attached hydrogen (secondary N) is 2. The smallest absolute Gasteiger partial charge is 0.320 e. The van der Waals surface area contributed by atoms with Gasteiger partial charge in [-0.3, -0.25) is 20.2 Å². The minimum atomic E-state index is -1.10. The number of nitrogens with zero attached hydrogens (tertiary/aromatic N) is 3. The van der Waals surface area contributed by atoms with Crippen LogP contribution in [0.4, 0.5) is 10.5 Å². The molecule has 1 atom stereocenters. The van der Waals surface area contributed by atoms with Gasteiger partial charge in [0, 0.05) is 32.4 Å². The monoisotopic (exact) mass is 333 g/mol. The molecule has 0 radical (unpaired) electrons. The van der Waals surface area contributed by atoms with Gasteiger partial charge in [0.05, 0.1) is 9.85 Å². The third-order valence-corrected chi connectivity index (χ3v) is 3.22. The van der Waals surface area contributed by atoms with Crippen LogP contribution < -0.4 is 10.6 Å². The fraction of sp³-hybridized carbons (Fsp3) is 0.214. The van der Waals surface area contributed by atoms with Crippen molar-refractivity contribution in [1.29, 1.82) is 0 Å². The third kappa shape index (κ3) is 3.66.